The van der Waals surface area contributed by atoms with Gasteiger partial charge in [0.25, 0.3) is 15.9 Å². The molecule has 1 aliphatic heterocycles. The topological polar surface area (TPSA) is 104 Å². The fraction of sp³-hybridized carbons (Fsp3) is 0.375. The number of nitrogens with one attached hydrogen (secondary N) is 1. The summed E-state index contributed by atoms with van der Waals surface area (Å²) in [6.07, 6.45) is 3.87. The van der Waals surface area contributed by atoms with Gasteiger partial charge >= 0.3 is 0 Å². The molecule has 3 amide bonds. The first-order valence-electron chi connectivity index (χ1n) is 11.2. The summed E-state index contributed by atoms with van der Waals surface area (Å²) in [4.78, 5) is 40.3. The van der Waals surface area contributed by atoms with Crippen LogP contribution >= 0.6 is 11.6 Å². The third-order valence-corrected chi connectivity index (χ3v) is 8.36. The Labute approximate surface area is 203 Å². The average molecular weight is 504 g/mol. The monoisotopic (exact) mass is 503 g/mol. The zero-order chi connectivity index (χ0) is 24.5. The molecule has 0 aromatic heterocycles. The number of halogens is 1. The van der Waals surface area contributed by atoms with Crippen LogP contribution in [0.25, 0.3) is 0 Å². The number of hydrogen-bond donors (Lipinski definition) is 1. The highest BCUT2D eigenvalue weighted by Crippen LogP contribution is 2.30. The molecule has 10 heteroatoms. The largest absolute Gasteiger partial charge is 0.352 e. The summed E-state index contributed by atoms with van der Waals surface area (Å²) in [5.74, 6) is -1.71. The maximum Gasteiger partial charge on any atom is 0.269 e. The van der Waals surface area contributed by atoms with Gasteiger partial charge in [0, 0.05) is 17.6 Å². The molecule has 0 radical (unpaired) electrons. The van der Waals surface area contributed by atoms with E-state index in [1.807, 2.05) is 0 Å². The summed E-state index contributed by atoms with van der Waals surface area (Å²) in [5, 5.41) is 3.52. The fourth-order valence-corrected chi connectivity index (χ4v) is 6.01. The molecular weight excluding hydrogens is 478 g/mol. The second-order valence-electron chi connectivity index (χ2n) is 8.63. The number of fused-ring (bicyclic) bond motifs is 1. The molecule has 1 fully saturated rings. The quantitative estimate of drug-likeness (QED) is 0.625. The highest BCUT2D eigenvalue weighted by Gasteiger charge is 2.43. The molecule has 0 bridgehead atoms. The van der Waals surface area contributed by atoms with Gasteiger partial charge in [0.2, 0.25) is 11.8 Å². The molecule has 1 aliphatic carbocycles. The number of rotatable bonds is 7. The molecule has 1 heterocycles. The normalized spacial score (nSPS) is 17.9. The van der Waals surface area contributed by atoms with Crippen molar-refractivity contribution in [1.82, 2.24) is 14.5 Å². The minimum atomic E-state index is -4.15. The number of sulfonamides is 1. The highest BCUT2D eigenvalue weighted by atomic mass is 35.5. The number of benzene rings is 2. The molecule has 0 spiro atoms. The summed E-state index contributed by atoms with van der Waals surface area (Å²) in [6, 6.07) is 11.9. The summed E-state index contributed by atoms with van der Waals surface area (Å²) in [6.45, 7) is 0.974. The number of nitrogens with zero attached hydrogens (tertiary/aromatic N) is 2. The molecule has 34 heavy (non-hydrogen) atoms. The van der Waals surface area contributed by atoms with E-state index < -0.39 is 34.4 Å². The summed E-state index contributed by atoms with van der Waals surface area (Å²) in [5.41, 5.74) is 0.753. The van der Waals surface area contributed by atoms with Crippen molar-refractivity contribution in [2.75, 3.05) is 6.54 Å². The van der Waals surface area contributed by atoms with Crippen molar-refractivity contribution in [3.8, 4) is 0 Å². The van der Waals surface area contributed by atoms with Crippen LogP contribution in [0, 0.1) is 0 Å². The number of hydrogen-bond acceptors (Lipinski definition) is 5. The Morgan fingerprint density at radius 1 is 1.12 bits per heavy atom. The van der Waals surface area contributed by atoms with E-state index in [1.165, 1.54) is 23.1 Å². The van der Waals surface area contributed by atoms with Gasteiger partial charge in [0.15, 0.2) is 0 Å². The molecule has 1 unspecified atom stereocenters. The third kappa shape index (κ3) is 4.81. The van der Waals surface area contributed by atoms with Crippen LogP contribution in [0.2, 0.25) is 5.02 Å². The summed E-state index contributed by atoms with van der Waals surface area (Å²) >= 11 is 5.97. The van der Waals surface area contributed by atoms with E-state index in [0.717, 1.165) is 31.2 Å². The molecule has 4 rings (SSSR count). The maximum atomic E-state index is 13.4. The van der Waals surface area contributed by atoms with Crippen LogP contribution in [0.1, 0.15) is 48.5 Å². The van der Waals surface area contributed by atoms with E-state index in [4.69, 9.17) is 11.6 Å². The first kappa shape index (κ1) is 24.2. The van der Waals surface area contributed by atoms with Gasteiger partial charge in [-0.3, -0.25) is 14.4 Å². The minimum Gasteiger partial charge on any atom is -0.352 e. The van der Waals surface area contributed by atoms with Gasteiger partial charge in [-0.2, -0.15) is 0 Å². The van der Waals surface area contributed by atoms with E-state index in [0.29, 0.717) is 9.33 Å². The summed E-state index contributed by atoms with van der Waals surface area (Å²) in [7, 11) is -4.15. The van der Waals surface area contributed by atoms with E-state index in [-0.39, 0.29) is 29.0 Å². The van der Waals surface area contributed by atoms with Crippen LogP contribution < -0.4 is 5.32 Å². The lowest BCUT2D eigenvalue weighted by atomic mass is 10.1. The highest BCUT2D eigenvalue weighted by molar-refractivity contribution is 7.90. The van der Waals surface area contributed by atoms with Crippen LogP contribution in [0.15, 0.2) is 53.4 Å². The molecule has 180 valence electrons. The molecule has 1 N–H and O–H groups in total. The lowest BCUT2D eigenvalue weighted by molar-refractivity contribution is -0.140. The van der Waals surface area contributed by atoms with Crippen LogP contribution in [0.3, 0.4) is 0 Å². The molecule has 1 saturated carbocycles. The molecule has 8 nitrogen and oxygen atoms in total. The molecule has 2 aromatic rings. The second-order valence-corrected chi connectivity index (χ2v) is 10.9. The van der Waals surface area contributed by atoms with Gasteiger partial charge in [0.05, 0.1) is 5.56 Å². The fourth-order valence-electron chi connectivity index (χ4n) is 4.36. The zero-order valence-corrected chi connectivity index (χ0v) is 20.3. The Kier molecular flexibility index (Phi) is 6.95. The minimum absolute atomic E-state index is 0.0339. The number of amides is 3. The SMILES string of the molecule is CC(C(=O)NC1CCCC1)N(Cc1ccc(Cl)cc1)C(=O)CN1C(=O)c2ccccc2S1(=O)=O. The van der Waals surface area contributed by atoms with Crippen molar-refractivity contribution in [1.29, 1.82) is 0 Å². The predicted molar refractivity (Wildman–Crippen MR) is 127 cm³/mol. The molecule has 2 aromatic carbocycles. The van der Waals surface area contributed by atoms with Gasteiger partial charge in [-0.1, -0.05) is 48.7 Å². The lowest BCUT2D eigenvalue weighted by Gasteiger charge is -2.31. The van der Waals surface area contributed by atoms with E-state index >= 15 is 0 Å². The average Bonchev–Trinajstić information content (AvgIpc) is 3.39. The molecule has 1 atom stereocenters. The van der Waals surface area contributed by atoms with E-state index in [9.17, 15) is 22.8 Å². The first-order valence-corrected chi connectivity index (χ1v) is 13.0. The maximum absolute atomic E-state index is 13.4. The third-order valence-electron chi connectivity index (χ3n) is 6.33. The molecule has 0 saturated heterocycles. The predicted octanol–water partition coefficient (Wildman–Crippen LogP) is 2.96. The van der Waals surface area contributed by atoms with Crippen molar-refractivity contribution < 1.29 is 22.8 Å². The second kappa shape index (κ2) is 9.76. The van der Waals surface area contributed by atoms with Gasteiger partial charge in [0.1, 0.15) is 17.5 Å². The Balaban J connectivity index is 1.57. The number of carbonyl (C=O) groups is 3. The van der Waals surface area contributed by atoms with Gasteiger partial charge < -0.3 is 10.2 Å². The van der Waals surface area contributed by atoms with Crippen LogP contribution in [0.5, 0.6) is 0 Å². The summed E-state index contributed by atoms with van der Waals surface area (Å²) < 4.78 is 26.4. The van der Waals surface area contributed by atoms with Gasteiger partial charge in [-0.05, 0) is 49.6 Å². The lowest BCUT2D eigenvalue weighted by Crippen LogP contribution is -2.52. The Bertz CT molecular complexity index is 1210. The van der Waals surface area contributed by atoms with Crippen molar-refractivity contribution in [2.24, 2.45) is 0 Å². The molecular formula is C24H26ClN3O5S. The van der Waals surface area contributed by atoms with Gasteiger partial charge in [-0.15, -0.1) is 0 Å². The van der Waals surface area contributed by atoms with Gasteiger partial charge in [-0.25, -0.2) is 12.7 Å². The Hall–Kier alpha value is -2.91. The van der Waals surface area contributed by atoms with Crippen LogP contribution in [-0.2, 0) is 26.2 Å². The van der Waals surface area contributed by atoms with Crippen molar-refractivity contribution in [3.05, 3.63) is 64.7 Å². The molecule has 2 aliphatic rings. The zero-order valence-electron chi connectivity index (χ0n) is 18.7. The smallest absolute Gasteiger partial charge is 0.269 e. The van der Waals surface area contributed by atoms with Crippen LogP contribution in [0.4, 0.5) is 0 Å². The van der Waals surface area contributed by atoms with Crippen molar-refractivity contribution in [2.45, 2.75) is 56.1 Å². The van der Waals surface area contributed by atoms with E-state index in [2.05, 4.69) is 5.32 Å². The van der Waals surface area contributed by atoms with Crippen molar-refractivity contribution in [3.63, 3.8) is 0 Å². The Morgan fingerprint density at radius 3 is 2.41 bits per heavy atom. The standard InChI is InChI=1S/C24H26ClN3O5S/c1-16(23(30)26-19-6-2-3-7-19)27(14-17-10-12-18(25)13-11-17)22(29)15-28-24(31)20-8-4-5-9-21(20)34(28,32)33/h4-5,8-13,16,19H,2-3,6-7,14-15H2,1H3,(H,26,30). The Morgan fingerprint density at radius 2 is 1.76 bits per heavy atom. The number of carbonyl (C=O) groups excluding carboxylic acids is 3. The van der Waals surface area contributed by atoms with E-state index in [1.54, 1.807) is 37.3 Å². The van der Waals surface area contributed by atoms with Crippen LogP contribution in [-0.4, -0.2) is 54.0 Å². The first-order chi connectivity index (χ1) is 16.2. The van der Waals surface area contributed by atoms with Crippen molar-refractivity contribution >= 4 is 39.3 Å².